The number of nitrogens with zero attached hydrogens (tertiary/aromatic N) is 3. The number of hydrazine groups is 1. The summed E-state index contributed by atoms with van der Waals surface area (Å²) in [7, 11) is 1.98. The molecule has 0 radical (unpaired) electrons. The number of nitrogens with one attached hydrogen (secondary N) is 1. The molecule has 0 spiro atoms. The highest BCUT2D eigenvalue weighted by Crippen LogP contribution is 2.40. The molecule has 20 heavy (non-hydrogen) atoms. The molecule has 2 rings (SSSR count). The summed E-state index contributed by atoms with van der Waals surface area (Å²) in [5, 5.41) is 4.35. The molecule has 3 N–H and O–H groups in total. The third-order valence-electron chi connectivity index (χ3n) is 4.88. The molecule has 0 bridgehead atoms. The highest BCUT2D eigenvalue weighted by atomic mass is 79.9. The highest BCUT2D eigenvalue weighted by Gasteiger charge is 2.44. The predicted octanol–water partition coefficient (Wildman–Crippen LogP) is 2.34. The zero-order valence-corrected chi connectivity index (χ0v) is 14.3. The van der Waals surface area contributed by atoms with E-state index in [0.717, 1.165) is 36.1 Å². The second-order valence-electron chi connectivity index (χ2n) is 5.61. The van der Waals surface area contributed by atoms with E-state index in [2.05, 4.69) is 45.2 Å². The van der Waals surface area contributed by atoms with Crippen LogP contribution in [0.3, 0.4) is 0 Å². The summed E-state index contributed by atoms with van der Waals surface area (Å²) in [6, 6.07) is 0.0671. The molecule has 1 aliphatic heterocycles. The van der Waals surface area contributed by atoms with Gasteiger partial charge in [-0.15, -0.1) is 0 Å². The number of hydrogen-bond donors (Lipinski definition) is 2. The molecule has 1 aromatic rings. The first kappa shape index (κ1) is 15.9. The van der Waals surface area contributed by atoms with Crippen LogP contribution in [0, 0.1) is 0 Å². The number of rotatable bonds is 6. The molecule has 1 aromatic heterocycles. The van der Waals surface area contributed by atoms with Crippen molar-refractivity contribution >= 4 is 15.9 Å². The molecule has 114 valence electrons. The number of likely N-dealkylation sites (tertiary alicyclic amines) is 1. The van der Waals surface area contributed by atoms with Gasteiger partial charge in [0.15, 0.2) is 0 Å². The van der Waals surface area contributed by atoms with Gasteiger partial charge in [-0.2, -0.15) is 5.10 Å². The van der Waals surface area contributed by atoms with Gasteiger partial charge in [-0.1, -0.05) is 13.8 Å². The molecule has 1 unspecified atom stereocenters. The van der Waals surface area contributed by atoms with Gasteiger partial charge >= 0.3 is 0 Å². The number of nitrogens with two attached hydrogens (primary N) is 1. The third-order valence-corrected chi connectivity index (χ3v) is 5.49. The number of halogens is 1. The second kappa shape index (κ2) is 6.56. The summed E-state index contributed by atoms with van der Waals surface area (Å²) in [6.45, 7) is 6.84. The lowest BCUT2D eigenvalue weighted by Gasteiger charge is -2.46. The number of aryl methyl sites for hydroxylation is 1. The van der Waals surface area contributed by atoms with E-state index in [-0.39, 0.29) is 11.6 Å². The van der Waals surface area contributed by atoms with E-state index in [4.69, 9.17) is 5.84 Å². The molecule has 6 heteroatoms. The Hall–Kier alpha value is -0.430. The Morgan fingerprint density at radius 2 is 2.00 bits per heavy atom. The molecule has 1 saturated heterocycles. The maximum absolute atomic E-state index is 5.97. The first-order valence-corrected chi connectivity index (χ1v) is 8.28. The van der Waals surface area contributed by atoms with Crippen LogP contribution in [0.2, 0.25) is 0 Å². The zero-order valence-electron chi connectivity index (χ0n) is 12.7. The summed E-state index contributed by atoms with van der Waals surface area (Å²) >= 11 is 3.62. The molecule has 0 saturated carbocycles. The number of hydrogen-bond acceptors (Lipinski definition) is 4. The fourth-order valence-electron chi connectivity index (χ4n) is 3.68. The molecular weight excluding hydrogens is 318 g/mol. The van der Waals surface area contributed by atoms with Crippen molar-refractivity contribution < 1.29 is 0 Å². The Morgan fingerprint density at radius 1 is 1.40 bits per heavy atom. The van der Waals surface area contributed by atoms with Crippen LogP contribution < -0.4 is 11.3 Å². The molecule has 2 heterocycles. The lowest BCUT2D eigenvalue weighted by molar-refractivity contribution is 0.0583. The minimum Gasteiger partial charge on any atom is -0.296 e. The van der Waals surface area contributed by atoms with Crippen LogP contribution in [-0.4, -0.2) is 33.3 Å². The summed E-state index contributed by atoms with van der Waals surface area (Å²) < 4.78 is 2.94. The van der Waals surface area contributed by atoms with Crippen LogP contribution in [0.1, 0.15) is 51.3 Å². The van der Waals surface area contributed by atoms with Crippen molar-refractivity contribution in [3.05, 3.63) is 16.4 Å². The van der Waals surface area contributed by atoms with Gasteiger partial charge < -0.3 is 0 Å². The van der Waals surface area contributed by atoms with E-state index in [0.29, 0.717) is 0 Å². The van der Waals surface area contributed by atoms with Crippen molar-refractivity contribution in [2.45, 2.75) is 51.1 Å². The smallest absolute Gasteiger partial charge is 0.0823 e. The lowest BCUT2D eigenvalue weighted by Crippen LogP contribution is -2.57. The lowest BCUT2D eigenvalue weighted by atomic mass is 9.81. The standard InChI is InChI=1S/C14H26BrN5/c1-4-14(5-2,20-8-6-7-9-20)13(18-16)12-11(15)10-17-19(12)3/h10,13,18H,4-9,16H2,1-3H3. The SMILES string of the molecule is CCC(CC)(C(NN)c1c(Br)cnn1C)N1CCCC1. The van der Waals surface area contributed by atoms with Crippen LogP contribution >= 0.6 is 15.9 Å². The van der Waals surface area contributed by atoms with E-state index < -0.39 is 0 Å². The second-order valence-corrected chi connectivity index (χ2v) is 6.46. The normalized spacial score (nSPS) is 18.6. The van der Waals surface area contributed by atoms with Crippen molar-refractivity contribution in [3.8, 4) is 0 Å². The zero-order chi connectivity index (χ0) is 14.8. The van der Waals surface area contributed by atoms with Crippen molar-refractivity contribution in [2.75, 3.05) is 13.1 Å². The van der Waals surface area contributed by atoms with E-state index in [1.807, 2.05) is 17.9 Å². The Balaban J connectivity index is 2.44. The monoisotopic (exact) mass is 343 g/mol. The summed E-state index contributed by atoms with van der Waals surface area (Å²) in [6.07, 6.45) is 6.54. The first-order chi connectivity index (χ1) is 9.60. The average molecular weight is 344 g/mol. The van der Waals surface area contributed by atoms with Crippen molar-refractivity contribution in [1.82, 2.24) is 20.1 Å². The van der Waals surface area contributed by atoms with Gasteiger partial charge in [0.25, 0.3) is 0 Å². The molecule has 5 nitrogen and oxygen atoms in total. The van der Waals surface area contributed by atoms with Crippen LogP contribution in [0.25, 0.3) is 0 Å². The van der Waals surface area contributed by atoms with Gasteiger partial charge in [-0.25, -0.2) is 5.43 Å². The molecule has 1 atom stereocenters. The van der Waals surface area contributed by atoms with Crippen LogP contribution in [0.4, 0.5) is 0 Å². The third kappa shape index (κ3) is 2.54. The minimum absolute atomic E-state index is 0.0432. The largest absolute Gasteiger partial charge is 0.296 e. The predicted molar refractivity (Wildman–Crippen MR) is 85.1 cm³/mol. The molecule has 1 fully saturated rings. The molecular formula is C14H26BrN5. The average Bonchev–Trinajstić information content (AvgIpc) is 3.09. The van der Waals surface area contributed by atoms with Gasteiger partial charge in [-0.3, -0.25) is 15.4 Å². The van der Waals surface area contributed by atoms with Crippen molar-refractivity contribution in [2.24, 2.45) is 12.9 Å². The topological polar surface area (TPSA) is 59.1 Å². The molecule has 0 aliphatic carbocycles. The Bertz CT molecular complexity index is 415. The maximum Gasteiger partial charge on any atom is 0.0823 e. The number of aromatic nitrogens is 2. The van der Waals surface area contributed by atoms with Crippen LogP contribution in [0.15, 0.2) is 10.7 Å². The fourth-order valence-corrected chi connectivity index (χ4v) is 4.26. The fraction of sp³-hybridized carbons (Fsp3) is 0.786. The van der Waals surface area contributed by atoms with E-state index in [1.165, 1.54) is 12.8 Å². The minimum atomic E-state index is 0.0432. The quantitative estimate of drug-likeness (QED) is 0.614. The van der Waals surface area contributed by atoms with Crippen molar-refractivity contribution in [1.29, 1.82) is 0 Å². The summed E-state index contributed by atoms with van der Waals surface area (Å²) in [5.41, 5.74) is 4.24. The Morgan fingerprint density at radius 3 is 2.40 bits per heavy atom. The van der Waals surface area contributed by atoms with Gasteiger partial charge in [0.2, 0.25) is 0 Å². The summed E-state index contributed by atoms with van der Waals surface area (Å²) in [5.74, 6) is 5.97. The Labute approximate surface area is 130 Å². The first-order valence-electron chi connectivity index (χ1n) is 7.49. The van der Waals surface area contributed by atoms with E-state index >= 15 is 0 Å². The Kier molecular flexibility index (Phi) is 5.23. The molecule has 1 aliphatic rings. The van der Waals surface area contributed by atoms with E-state index in [1.54, 1.807) is 0 Å². The maximum atomic E-state index is 5.97. The van der Waals surface area contributed by atoms with E-state index in [9.17, 15) is 0 Å². The van der Waals surface area contributed by atoms with Crippen LogP contribution in [-0.2, 0) is 7.05 Å². The van der Waals surface area contributed by atoms with Gasteiger partial charge in [-0.05, 0) is 54.7 Å². The highest BCUT2D eigenvalue weighted by molar-refractivity contribution is 9.10. The van der Waals surface area contributed by atoms with Gasteiger partial charge in [0, 0.05) is 12.6 Å². The summed E-state index contributed by atoms with van der Waals surface area (Å²) in [4.78, 5) is 2.61. The van der Waals surface area contributed by atoms with Crippen LogP contribution in [0.5, 0.6) is 0 Å². The van der Waals surface area contributed by atoms with Crippen molar-refractivity contribution in [3.63, 3.8) is 0 Å². The van der Waals surface area contributed by atoms with Gasteiger partial charge in [0.05, 0.1) is 22.4 Å². The molecule has 0 amide bonds. The van der Waals surface area contributed by atoms with Gasteiger partial charge in [0.1, 0.15) is 0 Å². The molecule has 0 aromatic carbocycles.